The Bertz CT molecular complexity index is 267. The molecule has 0 radical (unpaired) electrons. The van der Waals surface area contributed by atoms with E-state index in [0.29, 0.717) is 11.5 Å². The van der Waals surface area contributed by atoms with Crippen LogP contribution in [-0.4, -0.2) is 36.6 Å². The zero-order valence-corrected chi connectivity index (χ0v) is 15.0. The lowest BCUT2D eigenvalue weighted by atomic mass is 9.79. The molecule has 1 aliphatic heterocycles. The maximum atomic E-state index is 3.80. The Hall–Kier alpha value is -0.0800. The van der Waals surface area contributed by atoms with Gasteiger partial charge in [0.05, 0.1) is 0 Å². The van der Waals surface area contributed by atoms with Crippen LogP contribution in [0.3, 0.4) is 0 Å². The van der Waals surface area contributed by atoms with Gasteiger partial charge in [0.25, 0.3) is 0 Å². The SMILES string of the molecule is CCC(C)N1CC(CC(C)(C)C)CC(NCC(C)C)C1. The summed E-state index contributed by atoms with van der Waals surface area (Å²) < 4.78 is 0. The smallest absolute Gasteiger partial charge is 0.0198 e. The number of hydrogen-bond donors (Lipinski definition) is 1. The van der Waals surface area contributed by atoms with Crippen molar-refractivity contribution in [2.45, 2.75) is 79.8 Å². The molecule has 120 valence electrons. The Morgan fingerprint density at radius 1 is 1.15 bits per heavy atom. The van der Waals surface area contributed by atoms with Gasteiger partial charge in [0.15, 0.2) is 0 Å². The summed E-state index contributed by atoms with van der Waals surface area (Å²) in [7, 11) is 0. The molecule has 0 saturated carbocycles. The van der Waals surface area contributed by atoms with E-state index in [-0.39, 0.29) is 0 Å². The molecule has 0 amide bonds. The van der Waals surface area contributed by atoms with E-state index in [1.54, 1.807) is 0 Å². The van der Waals surface area contributed by atoms with Crippen molar-refractivity contribution in [3.8, 4) is 0 Å². The minimum Gasteiger partial charge on any atom is -0.312 e. The third-order valence-electron chi connectivity index (χ3n) is 4.50. The van der Waals surface area contributed by atoms with Crippen molar-refractivity contribution >= 4 is 0 Å². The van der Waals surface area contributed by atoms with Crippen LogP contribution in [0.5, 0.6) is 0 Å². The predicted octanol–water partition coefficient (Wildman–Crippen LogP) is 4.16. The Kier molecular flexibility index (Phi) is 7.00. The maximum Gasteiger partial charge on any atom is 0.0198 e. The second-order valence-electron chi connectivity index (χ2n) is 8.58. The van der Waals surface area contributed by atoms with E-state index in [9.17, 15) is 0 Å². The number of nitrogens with one attached hydrogen (secondary N) is 1. The summed E-state index contributed by atoms with van der Waals surface area (Å²) in [6.45, 7) is 20.1. The summed E-state index contributed by atoms with van der Waals surface area (Å²) in [6.07, 6.45) is 3.97. The molecule has 3 atom stereocenters. The normalized spacial score (nSPS) is 27.0. The molecule has 0 aromatic carbocycles. The molecule has 2 nitrogen and oxygen atoms in total. The summed E-state index contributed by atoms with van der Waals surface area (Å²) in [4.78, 5) is 2.72. The molecule has 1 fully saturated rings. The first-order chi connectivity index (χ1) is 9.21. The number of hydrogen-bond acceptors (Lipinski definition) is 2. The van der Waals surface area contributed by atoms with Crippen molar-refractivity contribution in [3.05, 3.63) is 0 Å². The van der Waals surface area contributed by atoms with E-state index in [0.717, 1.165) is 24.4 Å². The highest BCUT2D eigenvalue weighted by molar-refractivity contribution is 4.87. The molecule has 0 bridgehead atoms. The van der Waals surface area contributed by atoms with Crippen LogP contribution in [0.1, 0.15) is 67.7 Å². The number of piperidine rings is 1. The maximum absolute atomic E-state index is 3.80. The molecular weight excluding hydrogens is 244 g/mol. The summed E-state index contributed by atoms with van der Waals surface area (Å²) in [5, 5.41) is 3.80. The first kappa shape index (κ1) is 18.0. The van der Waals surface area contributed by atoms with E-state index in [1.165, 1.54) is 32.4 Å². The van der Waals surface area contributed by atoms with Gasteiger partial charge in [-0.2, -0.15) is 0 Å². The van der Waals surface area contributed by atoms with Crippen molar-refractivity contribution in [1.29, 1.82) is 0 Å². The van der Waals surface area contributed by atoms with Crippen LogP contribution in [0.25, 0.3) is 0 Å². The minimum atomic E-state index is 0.450. The Morgan fingerprint density at radius 3 is 2.30 bits per heavy atom. The molecular formula is C18H38N2. The monoisotopic (exact) mass is 282 g/mol. The lowest BCUT2D eigenvalue weighted by Crippen LogP contribution is -2.52. The van der Waals surface area contributed by atoms with Crippen molar-refractivity contribution in [2.75, 3.05) is 19.6 Å². The Morgan fingerprint density at radius 2 is 1.80 bits per heavy atom. The first-order valence-electron chi connectivity index (χ1n) is 8.68. The van der Waals surface area contributed by atoms with E-state index in [4.69, 9.17) is 0 Å². The average molecular weight is 283 g/mol. The van der Waals surface area contributed by atoms with Crippen LogP contribution in [0.2, 0.25) is 0 Å². The summed E-state index contributed by atoms with van der Waals surface area (Å²) >= 11 is 0. The zero-order valence-electron chi connectivity index (χ0n) is 15.0. The van der Waals surface area contributed by atoms with Crippen LogP contribution < -0.4 is 5.32 Å². The fourth-order valence-corrected chi connectivity index (χ4v) is 3.42. The van der Waals surface area contributed by atoms with Crippen LogP contribution in [0, 0.1) is 17.3 Å². The van der Waals surface area contributed by atoms with Crippen LogP contribution in [0.4, 0.5) is 0 Å². The van der Waals surface area contributed by atoms with Gasteiger partial charge >= 0.3 is 0 Å². The highest BCUT2D eigenvalue weighted by Crippen LogP contribution is 2.31. The van der Waals surface area contributed by atoms with Gasteiger partial charge < -0.3 is 5.32 Å². The molecule has 1 heterocycles. The van der Waals surface area contributed by atoms with Gasteiger partial charge in [0.1, 0.15) is 0 Å². The first-order valence-corrected chi connectivity index (χ1v) is 8.68. The van der Waals surface area contributed by atoms with Gasteiger partial charge in [-0.3, -0.25) is 4.90 Å². The summed E-state index contributed by atoms with van der Waals surface area (Å²) in [6, 6.07) is 1.41. The largest absolute Gasteiger partial charge is 0.312 e. The average Bonchev–Trinajstić information content (AvgIpc) is 2.33. The van der Waals surface area contributed by atoms with E-state index in [1.807, 2.05) is 0 Å². The van der Waals surface area contributed by atoms with E-state index < -0.39 is 0 Å². The van der Waals surface area contributed by atoms with Gasteiger partial charge in [-0.25, -0.2) is 0 Å². The summed E-state index contributed by atoms with van der Waals surface area (Å²) in [5.74, 6) is 1.59. The fraction of sp³-hybridized carbons (Fsp3) is 1.00. The van der Waals surface area contributed by atoms with E-state index >= 15 is 0 Å². The minimum absolute atomic E-state index is 0.450. The van der Waals surface area contributed by atoms with Gasteiger partial charge in [-0.1, -0.05) is 41.5 Å². The quantitative estimate of drug-likeness (QED) is 0.787. The van der Waals surface area contributed by atoms with Crippen LogP contribution in [-0.2, 0) is 0 Å². The van der Waals surface area contributed by atoms with Crippen LogP contribution in [0.15, 0.2) is 0 Å². The van der Waals surface area contributed by atoms with E-state index in [2.05, 4.69) is 58.7 Å². The zero-order chi connectivity index (χ0) is 15.3. The second-order valence-corrected chi connectivity index (χ2v) is 8.58. The summed E-state index contributed by atoms with van der Waals surface area (Å²) in [5.41, 5.74) is 0.450. The van der Waals surface area contributed by atoms with Crippen molar-refractivity contribution in [1.82, 2.24) is 10.2 Å². The molecule has 3 unspecified atom stereocenters. The second kappa shape index (κ2) is 7.79. The molecule has 0 aromatic heterocycles. The molecule has 1 aliphatic rings. The van der Waals surface area contributed by atoms with Gasteiger partial charge in [-0.05, 0) is 50.0 Å². The highest BCUT2D eigenvalue weighted by Gasteiger charge is 2.31. The van der Waals surface area contributed by atoms with Crippen molar-refractivity contribution in [2.24, 2.45) is 17.3 Å². The van der Waals surface area contributed by atoms with Gasteiger partial charge in [-0.15, -0.1) is 0 Å². The van der Waals surface area contributed by atoms with Crippen LogP contribution >= 0.6 is 0 Å². The molecule has 1 rings (SSSR count). The number of nitrogens with zero attached hydrogens (tertiary/aromatic N) is 1. The van der Waals surface area contributed by atoms with Gasteiger partial charge in [0, 0.05) is 25.2 Å². The number of likely N-dealkylation sites (tertiary alicyclic amines) is 1. The molecule has 1 saturated heterocycles. The van der Waals surface area contributed by atoms with Gasteiger partial charge in [0.2, 0.25) is 0 Å². The third kappa shape index (κ3) is 6.58. The molecule has 0 spiro atoms. The van der Waals surface area contributed by atoms with Crippen molar-refractivity contribution < 1.29 is 0 Å². The Balaban J connectivity index is 2.62. The standard InChI is InChI=1S/C18H38N2/c1-8-15(4)20-12-16(10-18(5,6)7)9-17(13-20)19-11-14(2)3/h14-17,19H,8-13H2,1-7H3. The highest BCUT2D eigenvalue weighted by atomic mass is 15.2. The molecule has 1 N–H and O–H groups in total. The lowest BCUT2D eigenvalue weighted by molar-refractivity contribution is 0.0818. The third-order valence-corrected chi connectivity index (χ3v) is 4.50. The number of rotatable bonds is 6. The molecule has 20 heavy (non-hydrogen) atoms. The topological polar surface area (TPSA) is 15.3 Å². The predicted molar refractivity (Wildman–Crippen MR) is 90.1 cm³/mol. The fourth-order valence-electron chi connectivity index (χ4n) is 3.42. The Labute approximate surface area is 127 Å². The molecule has 2 heteroatoms. The molecule has 0 aliphatic carbocycles. The van der Waals surface area contributed by atoms with Crippen molar-refractivity contribution in [3.63, 3.8) is 0 Å². The lowest BCUT2D eigenvalue weighted by Gasteiger charge is -2.43. The molecule has 0 aromatic rings.